The Kier molecular flexibility index (Phi) is 5.41. The van der Waals surface area contributed by atoms with Gasteiger partial charge in [0.2, 0.25) is 0 Å². The van der Waals surface area contributed by atoms with E-state index in [-0.39, 0.29) is 18.1 Å². The van der Waals surface area contributed by atoms with Crippen LogP contribution >= 0.6 is 0 Å². The number of allylic oxidation sites excluding steroid dienone is 2. The van der Waals surface area contributed by atoms with E-state index < -0.39 is 23.7 Å². The minimum Gasteiger partial charge on any atom is -0.508 e. The Morgan fingerprint density at radius 1 is 1.48 bits per heavy atom. The third kappa shape index (κ3) is 5.89. The summed E-state index contributed by atoms with van der Waals surface area (Å²) in [5, 5.41) is 21.1. The molecule has 0 spiro atoms. The quantitative estimate of drug-likeness (QED) is 0.741. The molecule has 118 valence electrons. The Morgan fingerprint density at radius 2 is 2.10 bits per heavy atom. The van der Waals surface area contributed by atoms with Crippen molar-refractivity contribution in [1.82, 2.24) is 5.32 Å². The molecule has 0 bridgehead atoms. The van der Waals surface area contributed by atoms with Crippen LogP contribution in [-0.4, -0.2) is 33.9 Å². The highest BCUT2D eigenvalue weighted by atomic mass is 16.6. The van der Waals surface area contributed by atoms with Crippen LogP contribution in [0.2, 0.25) is 0 Å². The maximum atomic E-state index is 11.7. The van der Waals surface area contributed by atoms with E-state index in [1.54, 1.807) is 32.9 Å². The molecule has 0 aromatic carbocycles. The lowest BCUT2D eigenvalue weighted by Crippen LogP contribution is -2.44. The van der Waals surface area contributed by atoms with Gasteiger partial charge in [-0.2, -0.15) is 0 Å². The van der Waals surface area contributed by atoms with Crippen molar-refractivity contribution in [3.63, 3.8) is 0 Å². The molecule has 0 fully saturated rings. The van der Waals surface area contributed by atoms with Crippen molar-refractivity contribution >= 4 is 12.1 Å². The van der Waals surface area contributed by atoms with Crippen molar-refractivity contribution in [1.29, 1.82) is 0 Å². The lowest BCUT2D eigenvalue weighted by Gasteiger charge is -2.24. The number of alkyl carbamates (subject to hydrolysis) is 1. The van der Waals surface area contributed by atoms with Gasteiger partial charge in [0.25, 0.3) is 0 Å². The van der Waals surface area contributed by atoms with Crippen molar-refractivity contribution in [2.45, 2.75) is 52.2 Å². The van der Waals surface area contributed by atoms with Crippen molar-refractivity contribution in [2.75, 3.05) is 0 Å². The zero-order valence-electron chi connectivity index (χ0n) is 12.8. The van der Waals surface area contributed by atoms with Gasteiger partial charge >= 0.3 is 12.1 Å². The van der Waals surface area contributed by atoms with Crippen LogP contribution < -0.4 is 5.32 Å². The van der Waals surface area contributed by atoms with Gasteiger partial charge in [-0.15, -0.1) is 0 Å². The Labute approximate surface area is 124 Å². The first-order valence-corrected chi connectivity index (χ1v) is 6.90. The number of rotatable bonds is 4. The average molecular weight is 297 g/mol. The minimum absolute atomic E-state index is 0.128. The summed E-state index contributed by atoms with van der Waals surface area (Å²) in [7, 11) is 0. The summed E-state index contributed by atoms with van der Waals surface area (Å²) in [6.45, 7) is 7.06. The van der Waals surface area contributed by atoms with Crippen LogP contribution in [0.1, 0.15) is 40.5 Å². The highest BCUT2D eigenvalue weighted by Gasteiger charge is 2.26. The summed E-state index contributed by atoms with van der Waals surface area (Å²) in [5.74, 6) is -0.879. The number of aliphatic carboxylic acids is 1. The van der Waals surface area contributed by atoms with Gasteiger partial charge in [0.1, 0.15) is 17.4 Å². The van der Waals surface area contributed by atoms with Gasteiger partial charge in [-0.1, -0.05) is 12.5 Å². The average Bonchev–Trinajstić information content (AvgIpc) is 2.30. The molecule has 1 amide bonds. The lowest BCUT2D eigenvalue weighted by atomic mass is 9.88. The van der Waals surface area contributed by atoms with Crippen LogP contribution in [0.3, 0.4) is 0 Å². The second-order valence-electron chi connectivity index (χ2n) is 6.23. The molecule has 0 radical (unpaired) electrons. The Bertz CT molecular complexity index is 473. The first-order chi connectivity index (χ1) is 9.58. The molecule has 0 saturated carbocycles. The molecule has 1 rings (SSSR count). The van der Waals surface area contributed by atoms with E-state index in [9.17, 15) is 19.8 Å². The molecule has 0 aliphatic heterocycles. The second-order valence-corrected chi connectivity index (χ2v) is 6.23. The molecule has 1 unspecified atom stereocenters. The van der Waals surface area contributed by atoms with Gasteiger partial charge in [0, 0.05) is 6.42 Å². The molecule has 0 aromatic heterocycles. The molecular weight excluding hydrogens is 274 g/mol. The zero-order chi connectivity index (χ0) is 16.2. The topological polar surface area (TPSA) is 95.9 Å². The fourth-order valence-corrected chi connectivity index (χ4v) is 1.99. The highest BCUT2D eigenvalue weighted by molar-refractivity contribution is 5.80. The molecule has 0 heterocycles. The predicted molar refractivity (Wildman–Crippen MR) is 78.0 cm³/mol. The third-order valence-electron chi connectivity index (χ3n) is 3.08. The summed E-state index contributed by atoms with van der Waals surface area (Å²) in [6, 6.07) is -1.08. The van der Waals surface area contributed by atoms with Gasteiger partial charge in [0.05, 0.1) is 0 Å². The van der Waals surface area contributed by atoms with Crippen molar-refractivity contribution in [3.8, 4) is 0 Å². The number of hydrogen-bond donors (Lipinski definition) is 3. The fraction of sp³-hybridized carbons (Fsp3) is 0.600. The van der Waals surface area contributed by atoms with Crippen molar-refractivity contribution < 1.29 is 24.5 Å². The number of carboxylic acids is 1. The van der Waals surface area contributed by atoms with Gasteiger partial charge in [0.15, 0.2) is 0 Å². The molecule has 0 aromatic rings. The van der Waals surface area contributed by atoms with E-state index in [1.807, 2.05) is 6.92 Å². The molecular formula is C15H23NO5. The second kappa shape index (κ2) is 6.65. The van der Waals surface area contributed by atoms with Crippen LogP contribution in [0, 0.1) is 5.92 Å². The number of amides is 1. The number of aliphatic hydroxyl groups is 1. The molecule has 1 aliphatic rings. The SMILES string of the molecule is CC1CC=C(O)C=C1C[C@H](NC(=O)OC(C)(C)C)C(=O)O. The molecule has 1 aliphatic carbocycles. The highest BCUT2D eigenvalue weighted by Crippen LogP contribution is 2.26. The van der Waals surface area contributed by atoms with E-state index >= 15 is 0 Å². The summed E-state index contributed by atoms with van der Waals surface area (Å²) < 4.78 is 5.06. The third-order valence-corrected chi connectivity index (χ3v) is 3.08. The largest absolute Gasteiger partial charge is 0.508 e. The molecule has 2 atom stereocenters. The van der Waals surface area contributed by atoms with Crippen molar-refractivity contribution in [3.05, 3.63) is 23.5 Å². The van der Waals surface area contributed by atoms with E-state index in [1.165, 1.54) is 0 Å². The number of nitrogens with one attached hydrogen (secondary N) is 1. The number of carbonyl (C=O) groups is 2. The van der Waals surface area contributed by atoms with Crippen LogP contribution in [0.5, 0.6) is 0 Å². The fourth-order valence-electron chi connectivity index (χ4n) is 1.99. The lowest BCUT2D eigenvalue weighted by molar-refractivity contribution is -0.139. The number of aliphatic hydroxyl groups excluding tert-OH is 1. The van der Waals surface area contributed by atoms with Crippen LogP contribution in [0.15, 0.2) is 23.5 Å². The summed E-state index contributed by atoms with van der Waals surface area (Å²) >= 11 is 0. The standard InChI is InChI=1S/C15H23NO5/c1-9-5-6-11(17)7-10(9)8-12(13(18)19)16-14(20)21-15(2,3)4/h6-7,9,12,17H,5,8H2,1-4H3,(H,16,20)(H,18,19)/t9?,12-/m0/s1. The normalized spacial score (nSPS) is 20.1. The van der Waals surface area contributed by atoms with Crippen LogP contribution in [0.4, 0.5) is 4.79 Å². The minimum atomic E-state index is -1.14. The zero-order valence-corrected chi connectivity index (χ0v) is 12.8. The number of hydrogen-bond acceptors (Lipinski definition) is 4. The Hall–Kier alpha value is -1.98. The number of ether oxygens (including phenoxy) is 1. The number of carbonyl (C=O) groups excluding carboxylic acids is 1. The first kappa shape index (κ1) is 17.1. The smallest absolute Gasteiger partial charge is 0.408 e. The summed E-state index contributed by atoms with van der Waals surface area (Å²) in [6.07, 6.45) is 3.26. The summed E-state index contributed by atoms with van der Waals surface area (Å²) in [4.78, 5) is 23.0. The van der Waals surface area contributed by atoms with E-state index in [0.717, 1.165) is 5.57 Å². The molecule has 6 nitrogen and oxygen atoms in total. The van der Waals surface area contributed by atoms with Crippen molar-refractivity contribution in [2.24, 2.45) is 5.92 Å². The van der Waals surface area contributed by atoms with E-state index in [2.05, 4.69) is 5.32 Å². The van der Waals surface area contributed by atoms with E-state index in [4.69, 9.17) is 4.74 Å². The van der Waals surface area contributed by atoms with Crippen LogP contribution in [0.25, 0.3) is 0 Å². The number of carboxylic acid groups (broad SMARTS) is 1. The Morgan fingerprint density at radius 3 is 2.62 bits per heavy atom. The Balaban J connectivity index is 2.73. The molecule has 21 heavy (non-hydrogen) atoms. The van der Waals surface area contributed by atoms with Crippen LogP contribution in [-0.2, 0) is 9.53 Å². The van der Waals surface area contributed by atoms with Gasteiger partial charge in [-0.3, -0.25) is 0 Å². The molecule has 0 saturated heterocycles. The van der Waals surface area contributed by atoms with E-state index in [0.29, 0.717) is 6.42 Å². The summed E-state index contributed by atoms with van der Waals surface area (Å²) in [5.41, 5.74) is 0.101. The molecule has 3 N–H and O–H groups in total. The molecule has 6 heteroatoms. The monoisotopic (exact) mass is 297 g/mol. The van der Waals surface area contributed by atoms with Gasteiger partial charge in [-0.25, -0.2) is 9.59 Å². The van der Waals surface area contributed by atoms with Gasteiger partial charge in [-0.05, 0) is 45.3 Å². The first-order valence-electron chi connectivity index (χ1n) is 6.90. The maximum absolute atomic E-state index is 11.7. The predicted octanol–water partition coefficient (Wildman–Crippen LogP) is 2.76. The van der Waals surface area contributed by atoms with Gasteiger partial charge < -0.3 is 20.3 Å². The maximum Gasteiger partial charge on any atom is 0.408 e.